The molecule has 108 valence electrons. The Labute approximate surface area is 118 Å². The van der Waals surface area contributed by atoms with E-state index >= 15 is 0 Å². The molecule has 0 bridgehead atoms. The Kier molecular flexibility index (Phi) is 3.22. The van der Waals surface area contributed by atoms with Crippen molar-refractivity contribution in [1.82, 2.24) is 14.8 Å². The number of ether oxygens (including phenoxy) is 2. The number of nitro groups is 1. The summed E-state index contributed by atoms with van der Waals surface area (Å²) in [5, 5.41) is 14.1. The predicted molar refractivity (Wildman–Crippen MR) is 68.4 cm³/mol. The summed E-state index contributed by atoms with van der Waals surface area (Å²) in [7, 11) is 0. The second kappa shape index (κ2) is 5.19. The summed E-state index contributed by atoms with van der Waals surface area (Å²) in [6, 6.07) is 4.86. The number of carbonyl (C=O) groups is 1. The fourth-order valence-electron chi connectivity index (χ4n) is 1.90. The van der Waals surface area contributed by atoms with Crippen molar-refractivity contribution < 1.29 is 19.2 Å². The van der Waals surface area contributed by atoms with Gasteiger partial charge < -0.3 is 19.6 Å². The van der Waals surface area contributed by atoms with Crippen LogP contribution in [0.3, 0.4) is 0 Å². The van der Waals surface area contributed by atoms with Crippen LogP contribution >= 0.6 is 0 Å². The normalized spacial score (nSPS) is 13.0. The molecule has 0 aliphatic carbocycles. The zero-order valence-corrected chi connectivity index (χ0v) is 10.8. The van der Waals surface area contributed by atoms with Crippen molar-refractivity contribution in [3.8, 4) is 11.5 Å². The van der Waals surface area contributed by atoms with Crippen LogP contribution in [-0.4, -0.2) is 38.7 Å². The molecule has 0 amide bonds. The van der Waals surface area contributed by atoms with Crippen LogP contribution in [0.5, 0.6) is 11.5 Å². The summed E-state index contributed by atoms with van der Waals surface area (Å²) < 4.78 is 11.9. The largest absolute Gasteiger partial charge is 0.490 e. The van der Waals surface area contributed by atoms with Crippen molar-refractivity contribution in [3.05, 3.63) is 40.2 Å². The molecule has 0 unspecified atom stereocenters. The summed E-state index contributed by atoms with van der Waals surface area (Å²) in [6.45, 7) is 0.767. The van der Waals surface area contributed by atoms with Gasteiger partial charge >= 0.3 is 5.95 Å². The lowest BCUT2D eigenvalue weighted by atomic mass is 10.1. The Bertz CT molecular complexity index is 711. The molecule has 1 aliphatic heterocycles. The van der Waals surface area contributed by atoms with Crippen LogP contribution < -0.4 is 9.47 Å². The van der Waals surface area contributed by atoms with Gasteiger partial charge in [0.1, 0.15) is 19.8 Å². The lowest BCUT2D eigenvalue weighted by molar-refractivity contribution is -0.394. The number of hydrogen-bond acceptors (Lipinski definition) is 7. The number of carbonyl (C=O) groups excluding carboxylic acids is 1. The van der Waals surface area contributed by atoms with Crippen LogP contribution in [-0.2, 0) is 6.54 Å². The number of aromatic nitrogens is 3. The molecule has 2 heterocycles. The van der Waals surface area contributed by atoms with Gasteiger partial charge in [-0.15, -0.1) is 0 Å². The van der Waals surface area contributed by atoms with Crippen molar-refractivity contribution in [2.75, 3.05) is 13.2 Å². The maximum Gasteiger partial charge on any atom is 0.490 e. The second-order valence-corrected chi connectivity index (χ2v) is 4.28. The Morgan fingerprint density at radius 3 is 2.81 bits per heavy atom. The number of ketones is 1. The van der Waals surface area contributed by atoms with Gasteiger partial charge in [-0.1, -0.05) is 4.98 Å². The van der Waals surface area contributed by atoms with Crippen LogP contribution in [0.2, 0.25) is 0 Å². The van der Waals surface area contributed by atoms with E-state index in [9.17, 15) is 14.9 Å². The number of fused-ring (bicyclic) bond motifs is 1. The average molecular weight is 290 g/mol. The van der Waals surface area contributed by atoms with Gasteiger partial charge in [-0.2, -0.15) is 4.68 Å². The summed E-state index contributed by atoms with van der Waals surface area (Å²) >= 11 is 0. The summed E-state index contributed by atoms with van der Waals surface area (Å²) in [5.74, 6) is 0.308. The van der Waals surface area contributed by atoms with E-state index in [1.165, 1.54) is 0 Å². The zero-order valence-electron chi connectivity index (χ0n) is 10.8. The van der Waals surface area contributed by atoms with Gasteiger partial charge in [0.25, 0.3) is 0 Å². The highest BCUT2D eigenvalue weighted by Crippen LogP contribution is 2.30. The van der Waals surface area contributed by atoms with Gasteiger partial charge in [0.05, 0.1) is 0 Å². The number of Topliss-reactive ketones (excluding diaryl/α,β-unsaturated/α-hetero) is 1. The molecule has 9 nitrogen and oxygen atoms in total. The van der Waals surface area contributed by atoms with Gasteiger partial charge in [0.15, 0.2) is 17.3 Å². The van der Waals surface area contributed by atoms with Gasteiger partial charge in [-0.05, 0) is 23.1 Å². The van der Waals surface area contributed by atoms with E-state index in [2.05, 4.69) is 10.1 Å². The molecule has 2 aromatic rings. The predicted octanol–water partition coefficient (Wildman–Crippen LogP) is 0.840. The van der Waals surface area contributed by atoms with Crippen LogP contribution in [0.1, 0.15) is 10.4 Å². The van der Waals surface area contributed by atoms with Gasteiger partial charge in [0, 0.05) is 10.7 Å². The zero-order chi connectivity index (χ0) is 14.8. The van der Waals surface area contributed by atoms with E-state index in [0.29, 0.717) is 30.3 Å². The molecule has 1 aliphatic rings. The topological polar surface area (TPSA) is 109 Å². The smallest absolute Gasteiger partial charge is 0.486 e. The minimum atomic E-state index is -0.717. The molecule has 0 radical (unpaired) electrons. The summed E-state index contributed by atoms with van der Waals surface area (Å²) in [6.07, 6.45) is 1.15. The van der Waals surface area contributed by atoms with E-state index < -0.39 is 10.9 Å². The third-order valence-corrected chi connectivity index (χ3v) is 2.86. The van der Waals surface area contributed by atoms with Crippen LogP contribution in [0.25, 0.3) is 0 Å². The molecule has 0 fully saturated rings. The molecule has 0 saturated carbocycles. The highest BCUT2D eigenvalue weighted by Gasteiger charge is 2.18. The third-order valence-electron chi connectivity index (χ3n) is 2.86. The minimum absolute atomic E-state index is 0.138. The summed E-state index contributed by atoms with van der Waals surface area (Å²) in [5.41, 5.74) is 0.414. The number of hydrogen-bond donors (Lipinski definition) is 0. The van der Waals surface area contributed by atoms with E-state index in [1.807, 2.05) is 0 Å². The fraction of sp³-hybridized carbons (Fsp3) is 0.250. The van der Waals surface area contributed by atoms with Crippen molar-refractivity contribution in [3.63, 3.8) is 0 Å². The average Bonchev–Trinajstić information content (AvgIpc) is 2.95. The molecule has 3 rings (SSSR count). The first-order valence-corrected chi connectivity index (χ1v) is 6.10. The number of nitrogens with zero attached hydrogens (tertiary/aromatic N) is 4. The van der Waals surface area contributed by atoms with E-state index in [-0.39, 0.29) is 12.3 Å². The Morgan fingerprint density at radius 1 is 1.33 bits per heavy atom. The van der Waals surface area contributed by atoms with E-state index in [0.717, 1.165) is 11.0 Å². The monoisotopic (exact) mass is 290 g/mol. The molecule has 1 aromatic heterocycles. The fourth-order valence-corrected chi connectivity index (χ4v) is 1.90. The first-order chi connectivity index (χ1) is 10.1. The Balaban J connectivity index is 1.77. The maximum absolute atomic E-state index is 12.1. The van der Waals surface area contributed by atoms with Gasteiger partial charge in [-0.25, -0.2) is 0 Å². The molecule has 0 saturated heterocycles. The lowest BCUT2D eigenvalue weighted by Gasteiger charge is -2.18. The molecule has 0 spiro atoms. The van der Waals surface area contributed by atoms with Crippen molar-refractivity contribution in [1.29, 1.82) is 0 Å². The Hall–Kier alpha value is -2.97. The van der Waals surface area contributed by atoms with Gasteiger partial charge in [-0.3, -0.25) is 4.79 Å². The molecular formula is C12H10N4O5. The van der Waals surface area contributed by atoms with Gasteiger partial charge in [0.2, 0.25) is 6.33 Å². The molecule has 9 heteroatoms. The highest BCUT2D eigenvalue weighted by molar-refractivity contribution is 5.96. The summed E-state index contributed by atoms with van der Waals surface area (Å²) in [4.78, 5) is 25.4. The number of benzene rings is 1. The first-order valence-electron chi connectivity index (χ1n) is 6.10. The SMILES string of the molecule is O=C(Cn1cnc([N+](=O)[O-])n1)c1ccc2c(c1)OCCO2. The minimum Gasteiger partial charge on any atom is -0.486 e. The Morgan fingerprint density at radius 2 is 2.10 bits per heavy atom. The third kappa shape index (κ3) is 2.66. The lowest BCUT2D eigenvalue weighted by Crippen LogP contribution is -2.16. The standard InChI is InChI=1S/C12H10N4O5/c17-9(6-15-7-13-12(14-15)16(18)19)8-1-2-10-11(5-8)21-4-3-20-10/h1-2,5,7H,3-4,6H2. The molecule has 1 aromatic carbocycles. The molecular weight excluding hydrogens is 280 g/mol. The van der Waals surface area contributed by atoms with Crippen molar-refractivity contribution in [2.45, 2.75) is 6.54 Å². The van der Waals surface area contributed by atoms with Crippen molar-refractivity contribution >= 4 is 11.7 Å². The highest BCUT2D eigenvalue weighted by atomic mass is 16.6. The molecule has 21 heavy (non-hydrogen) atoms. The quantitative estimate of drug-likeness (QED) is 0.466. The van der Waals surface area contributed by atoms with Crippen LogP contribution in [0, 0.1) is 10.1 Å². The van der Waals surface area contributed by atoms with E-state index in [1.54, 1.807) is 18.2 Å². The van der Waals surface area contributed by atoms with Crippen LogP contribution in [0.15, 0.2) is 24.5 Å². The molecule has 0 N–H and O–H groups in total. The van der Waals surface area contributed by atoms with Crippen molar-refractivity contribution in [2.24, 2.45) is 0 Å². The first kappa shape index (κ1) is 13.0. The number of rotatable bonds is 4. The maximum atomic E-state index is 12.1. The van der Waals surface area contributed by atoms with E-state index in [4.69, 9.17) is 9.47 Å². The van der Waals surface area contributed by atoms with Crippen LogP contribution in [0.4, 0.5) is 5.95 Å². The second-order valence-electron chi connectivity index (χ2n) is 4.28. The molecule has 0 atom stereocenters.